The Morgan fingerprint density at radius 2 is 1.80 bits per heavy atom. The summed E-state index contributed by atoms with van der Waals surface area (Å²) in [7, 11) is -2.92. The number of nitrogens with zero attached hydrogens (tertiary/aromatic N) is 3. The fourth-order valence-electron chi connectivity index (χ4n) is 3.55. The van der Waals surface area contributed by atoms with Crippen LogP contribution < -0.4 is 15.2 Å². The molecule has 0 saturated carbocycles. The third kappa shape index (κ3) is 9.91. The molecule has 0 fully saturated rings. The lowest BCUT2D eigenvalue weighted by molar-refractivity contribution is 0.0607. The van der Waals surface area contributed by atoms with Crippen molar-refractivity contribution in [2.45, 2.75) is 45.0 Å². The molecule has 216 valence electrons. The molecule has 0 radical (unpaired) electrons. The lowest BCUT2D eigenvalue weighted by Gasteiger charge is -2.17. The Balaban J connectivity index is 1.55. The topological polar surface area (TPSA) is 126 Å². The summed E-state index contributed by atoms with van der Waals surface area (Å²) in [5.74, 6) is -0.694. The second-order valence-corrected chi connectivity index (χ2v) is 12.7. The fourth-order valence-corrected chi connectivity index (χ4v) is 4.89. The van der Waals surface area contributed by atoms with Crippen molar-refractivity contribution in [2.75, 3.05) is 25.2 Å². The largest absolute Gasteiger partial charge is 0.494 e. The molecule has 1 aromatic heterocycles. The van der Waals surface area contributed by atoms with E-state index in [0.717, 1.165) is 12.3 Å². The van der Waals surface area contributed by atoms with Crippen molar-refractivity contribution in [1.29, 1.82) is 0 Å². The van der Waals surface area contributed by atoms with Gasteiger partial charge in [-0.05, 0) is 75.0 Å². The number of rotatable bonds is 10. The third-order valence-corrected chi connectivity index (χ3v) is 6.65. The van der Waals surface area contributed by atoms with Gasteiger partial charge in [0, 0.05) is 29.6 Å². The van der Waals surface area contributed by atoms with Gasteiger partial charge in [-0.15, -0.1) is 4.36 Å². The standard InChI is InChI=1S/C27H31ClF2N4O5S/c1-27(2,3)39-26(35)34-40(4,36)16-17-11-19(31)14-20(12-17)37-9-5-6-10-38-23-13-18(29)7-8-21(23)24-22(30)15-32-25(28)33-24/h7-8,11-15H,5-6,9-10,16,31H2,1-4H3/t40-/m0/s1. The molecule has 1 amide bonds. The predicted octanol–water partition coefficient (Wildman–Crippen LogP) is 6.43. The molecular weight excluding hydrogens is 566 g/mol. The van der Waals surface area contributed by atoms with Gasteiger partial charge < -0.3 is 19.9 Å². The van der Waals surface area contributed by atoms with Crippen molar-refractivity contribution in [3.05, 3.63) is 65.1 Å². The number of hydrogen-bond donors (Lipinski definition) is 1. The SMILES string of the molecule is CC(C)(C)OC(=O)N=[S@@](C)(=O)Cc1cc(N)cc(OCCCCOc2cc(F)ccc2-c2nc(Cl)ncc2F)c1. The van der Waals surface area contributed by atoms with Gasteiger partial charge >= 0.3 is 6.09 Å². The number of halogens is 3. The van der Waals surface area contributed by atoms with E-state index in [1.807, 2.05) is 0 Å². The number of carbonyl (C=O) groups is 1. The maximum atomic E-state index is 14.2. The zero-order valence-corrected chi connectivity index (χ0v) is 24.2. The van der Waals surface area contributed by atoms with Crippen LogP contribution in [0.1, 0.15) is 39.2 Å². The Kier molecular flexibility index (Phi) is 10.3. The summed E-state index contributed by atoms with van der Waals surface area (Å²) in [6.45, 7) is 5.60. The van der Waals surface area contributed by atoms with Gasteiger partial charge in [0.1, 0.15) is 28.6 Å². The molecule has 2 N–H and O–H groups in total. The van der Waals surface area contributed by atoms with Crippen molar-refractivity contribution in [2.24, 2.45) is 4.36 Å². The first kappa shape index (κ1) is 31.0. The third-order valence-electron chi connectivity index (χ3n) is 5.06. The normalized spacial score (nSPS) is 12.9. The number of amides is 1. The number of aromatic nitrogens is 2. The minimum atomic E-state index is -2.92. The summed E-state index contributed by atoms with van der Waals surface area (Å²) in [6.07, 6.45) is 2.53. The van der Waals surface area contributed by atoms with E-state index in [9.17, 15) is 17.8 Å². The summed E-state index contributed by atoms with van der Waals surface area (Å²) < 4.78 is 61.3. The highest BCUT2D eigenvalue weighted by Gasteiger charge is 2.18. The summed E-state index contributed by atoms with van der Waals surface area (Å²) in [5.41, 5.74) is 6.38. The van der Waals surface area contributed by atoms with Crippen molar-refractivity contribution < 1.29 is 32.0 Å². The monoisotopic (exact) mass is 596 g/mol. The Morgan fingerprint density at radius 3 is 2.50 bits per heavy atom. The number of nitrogens with two attached hydrogens (primary N) is 1. The van der Waals surface area contributed by atoms with Crippen LogP contribution in [0.2, 0.25) is 5.28 Å². The first-order chi connectivity index (χ1) is 18.7. The summed E-state index contributed by atoms with van der Waals surface area (Å²) >= 11 is 5.79. The van der Waals surface area contributed by atoms with Crippen LogP contribution in [-0.4, -0.2) is 45.3 Å². The van der Waals surface area contributed by atoms with Crippen LogP contribution in [-0.2, 0) is 20.2 Å². The van der Waals surface area contributed by atoms with E-state index in [0.29, 0.717) is 36.4 Å². The number of ether oxygens (including phenoxy) is 3. The maximum Gasteiger partial charge on any atom is 0.442 e. The van der Waals surface area contributed by atoms with Gasteiger partial charge in [0.2, 0.25) is 5.28 Å². The van der Waals surface area contributed by atoms with Gasteiger partial charge in [-0.3, -0.25) is 0 Å². The number of anilines is 1. The smallest absolute Gasteiger partial charge is 0.442 e. The van der Waals surface area contributed by atoms with E-state index in [4.69, 9.17) is 31.5 Å². The van der Waals surface area contributed by atoms with Gasteiger partial charge in [-0.25, -0.2) is 27.8 Å². The fraction of sp³-hybridized carbons (Fsp3) is 0.370. The molecule has 0 bridgehead atoms. The van der Waals surface area contributed by atoms with Crippen LogP contribution in [0.5, 0.6) is 11.5 Å². The van der Waals surface area contributed by atoms with Crippen LogP contribution in [0.15, 0.2) is 47.0 Å². The predicted molar refractivity (Wildman–Crippen MR) is 150 cm³/mol. The molecular formula is C27H31ClF2N4O5S. The van der Waals surface area contributed by atoms with Gasteiger partial charge in [-0.2, -0.15) is 0 Å². The highest BCUT2D eigenvalue weighted by atomic mass is 35.5. The molecule has 0 aliphatic carbocycles. The average molecular weight is 597 g/mol. The summed E-state index contributed by atoms with van der Waals surface area (Å²) in [6, 6.07) is 8.63. The summed E-state index contributed by atoms with van der Waals surface area (Å²) in [5, 5.41) is -0.146. The number of nitrogen functional groups attached to an aromatic ring is 1. The minimum Gasteiger partial charge on any atom is -0.494 e. The van der Waals surface area contributed by atoms with Crippen LogP contribution in [0.4, 0.5) is 19.3 Å². The molecule has 3 rings (SSSR count). The molecule has 0 aliphatic heterocycles. The van der Waals surface area contributed by atoms with Crippen LogP contribution in [0.3, 0.4) is 0 Å². The first-order valence-electron chi connectivity index (χ1n) is 12.3. The summed E-state index contributed by atoms with van der Waals surface area (Å²) in [4.78, 5) is 19.5. The van der Waals surface area contributed by atoms with E-state index in [1.165, 1.54) is 18.4 Å². The zero-order valence-electron chi connectivity index (χ0n) is 22.6. The second kappa shape index (κ2) is 13.2. The molecule has 40 heavy (non-hydrogen) atoms. The molecule has 0 saturated heterocycles. The van der Waals surface area contributed by atoms with Gasteiger partial charge in [0.15, 0.2) is 5.82 Å². The molecule has 1 atom stereocenters. The second-order valence-electron chi connectivity index (χ2n) is 9.97. The van der Waals surface area contributed by atoms with Crippen molar-refractivity contribution >= 4 is 33.1 Å². The first-order valence-corrected chi connectivity index (χ1v) is 14.7. The lowest BCUT2D eigenvalue weighted by Crippen LogP contribution is -2.22. The quantitative estimate of drug-likeness (QED) is 0.161. The average Bonchev–Trinajstić information content (AvgIpc) is 2.80. The number of hydrogen-bond acceptors (Lipinski definition) is 8. The Labute approximate surface area is 237 Å². The molecule has 0 unspecified atom stereocenters. The van der Waals surface area contributed by atoms with Crippen molar-refractivity contribution in [3.63, 3.8) is 0 Å². The van der Waals surface area contributed by atoms with E-state index in [-0.39, 0.29) is 34.7 Å². The number of unbranched alkanes of at least 4 members (excludes halogenated alkanes) is 1. The van der Waals surface area contributed by atoms with Gasteiger partial charge in [0.25, 0.3) is 0 Å². The highest BCUT2D eigenvalue weighted by molar-refractivity contribution is 7.92. The number of carbonyl (C=O) groups excluding carboxylic acids is 1. The molecule has 13 heteroatoms. The maximum absolute atomic E-state index is 14.2. The zero-order chi connectivity index (χ0) is 29.5. The molecule has 3 aromatic rings. The van der Waals surface area contributed by atoms with E-state index >= 15 is 0 Å². The van der Waals surface area contributed by atoms with Crippen LogP contribution in [0, 0.1) is 11.6 Å². The minimum absolute atomic E-state index is 0.0183. The van der Waals surface area contributed by atoms with Crippen LogP contribution in [0.25, 0.3) is 11.3 Å². The Bertz CT molecular complexity index is 1490. The molecule has 9 nitrogen and oxygen atoms in total. The van der Waals surface area contributed by atoms with E-state index in [2.05, 4.69) is 14.3 Å². The Hall–Kier alpha value is -3.51. The molecule has 2 aromatic carbocycles. The van der Waals surface area contributed by atoms with Gasteiger partial charge in [-0.1, -0.05) is 0 Å². The molecule has 0 aliphatic rings. The Morgan fingerprint density at radius 1 is 1.10 bits per heavy atom. The number of benzene rings is 2. The van der Waals surface area contributed by atoms with Gasteiger partial charge in [0.05, 0.1) is 34.9 Å². The lowest BCUT2D eigenvalue weighted by atomic mass is 10.1. The van der Waals surface area contributed by atoms with E-state index < -0.39 is 33.1 Å². The van der Waals surface area contributed by atoms with E-state index in [1.54, 1.807) is 39.0 Å². The van der Waals surface area contributed by atoms with Crippen molar-refractivity contribution in [3.8, 4) is 22.8 Å². The van der Waals surface area contributed by atoms with Crippen molar-refractivity contribution in [1.82, 2.24) is 9.97 Å². The molecule has 0 spiro atoms. The molecule has 1 heterocycles. The highest BCUT2D eigenvalue weighted by Crippen LogP contribution is 2.32. The van der Waals surface area contributed by atoms with Crippen LogP contribution >= 0.6 is 11.6 Å².